The van der Waals surface area contributed by atoms with Crippen molar-refractivity contribution < 1.29 is 14.0 Å². The van der Waals surface area contributed by atoms with Crippen LogP contribution in [0.3, 0.4) is 0 Å². The molecule has 0 radical (unpaired) electrons. The summed E-state index contributed by atoms with van der Waals surface area (Å²) in [6.45, 7) is 20.9. The molecule has 0 rings (SSSR count). The number of hydrogen-bond acceptors (Lipinski definition) is 3. The Labute approximate surface area is 175 Å². The summed E-state index contributed by atoms with van der Waals surface area (Å²) in [4.78, 5) is 0. The second-order valence-corrected chi connectivity index (χ2v) is 18.4. The van der Waals surface area contributed by atoms with E-state index >= 15 is 0 Å². The Hall–Kier alpha value is 0.561. The van der Waals surface area contributed by atoms with Crippen LogP contribution in [0.4, 0.5) is 0 Å². The minimum atomic E-state index is -1.21. The van der Waals surface area contributed by atoms with Gasteiger partial charge in [0.25, 0.3) is 0 Å². The van der Waals surface area contributed by atoms with Crippen LogP contribution in [-0.4, -0.2) is 51.9 Å². The third kappa shape index (κ3) is 74.1. The van der Waals surface area contributed by atoms with Gasteiger partial charge in [-0.2, -0.15) is 11.1 Å². The van der Waals surface area contributed by atoms with Crippen molar-refractivity contribution in [3.8, 4) is 0 Å². The molecule has 0 saturated heterocycles. The van der Waals surface area contributed by atoms with Gasteiger partial charge in [-0.05, 0) is 38.7 Å². The van der Waals surface area contributed by atoms with Crippen LogP contribution >= 0.6 is 11.1 Å². The zero-order valence-corrected chi connectivity index (χ0v) is 23.9. The fourth-order valence-corrected chi connectivity index (χ4v) is 2.41. The number of hydrogen-bond donors (Lipinski definition) is 1. The van der Waals surface area contributed by atoms with Crippen LogP contribution < -0.4 is 0 Å². The molecule has 0 aliphatic carbocycles. The molecule has 26 heavy (non-hydrogen) atoms. The smallest absolute Gasteiger partial charge is 0.186 e. The van der Waals surface area contributed by atoms with Crippen LogP contribution in [0.1, 0.15) is 46.0 Å². The van der Waals surface area contributed by atoms with E-state index in [0.29, 0.717) is 0 Å². The molecule has 0 saturated carbocycles. The van der Waals surface area contributed by atoms with Crippen molar-refractivity contribution in [2.24, 2.45) is 0 Å². The van der Waals surface area contributed by atoms with Gasteiger partial charge in [-0.3, -0.25) is 0 Å². The first kappa shape index (κ1) is 37.3. The van der Waals surface area contributed by atoms with Crippen molar-refractivity contribution in [3.63, 3.8) is 0 Å². The van der Waals surface area contributed by atoms with Gasteiger partial charge in [-0.15, -0.1) is 6.58 Å². The van der Waals surface area contributed by atoms with Gasteiger partial charge in [0.05, 0.1) is 0 Å². The van der Waals surface area contributed by atoms with E-state index in [4.69, 9.17) is 25.0 Å². The molecule has 3 nitrogen and oxygen atoms in total. The summed E-state index contributed by atoms with van der Waals surface area (Å²) >= 11 is 5.41. The van der Waals surface area contributed by atoms with Crippen molar-refractivity contribution in [2.75, 3.05) is 21.3 Å². The third-order valence-corrected chi connectivity index (χ3v) is 6.50. The van der Waals surface area contributed by atoms with Crippen LogP contribution in [0, 0.1) is 0 Å². The maximum atomic E-state index is 7.00. The maximum Gasteiger partial charge on any atom is 0.186 e. The molecule has 1 N–H and O–H groups in total. The fraction of sp³-hybridized carbons (Fsp3) is 0.895. The molecule has 0 fully saturated rings. The van der Waals surface area contributed by atoms with E-state index in [1.54, 1.807) is 7.11 Å². The summed E-state index contributed by atoms with van der Waals surface area (Å²) in [5.41, 5.74) is 0. The molecular formula is C19H51ClO3Si3. The summed E-state index contributed by atoms with van der Waals surface area (Å²) in [6, 6.07) is 1.32. The maximum absolute atomic E-state index is 7.00. The molecule has 0 aliphatic heterocycles. The number of halogens is 1. The molecule has 0 unspecified atom stereocenters. The van der Waals surface area contributed by atoms with E-state index in [1.807, 2.05) is 13.2 Å². The highest BCUT2D eigenvalue weighted by atomic mass is 35.6. The standard InChI is InChI=1S/C8H20OSi.C5H10.C3H10OSi.C2H7ClSi.CH4O/c1-5-6-7-8-10(3,4)9-2;1-3-5-4-2;1-4-5(2)3;1-4(2)3;1-2/h5-8H2,1-4H3;3H,1,4-5H2,2H3;5H,1-3H3;4H,1-2H3;2H,1H3. The molecule has 0 atom stereocenters. The number of rotatable bonds is 8. The minimum Gasteiger partial charge on any atom is -0.424 e. The van der Waals surface area contributed by atoms with Gasteiger partial charge >= 0.3 is 0 Å². The predicted octanol–water partition coefficient (Wildman–Crippen LogP) is 6.43. The van der Waals surface area contributed by atoms with Crippen LogP contribution in [0.2, 0.25) is 45.3 Å². The number of aliphatic hydroxyl groups is 1. The van der Waals surface area contributed by atoms with Crippen LogP contribution in [0.25, 0.3) is 0 Å². The van der Waals surface area contributed by atoms with E-state index < -0.39 is 25.5 Å². The summed E-state index contributed by atoms with van der Waals surface area (Å²) in [5.74, 6) is 0. The van der Waals surface area contributed by atoms with Gasteiger partial charge in [0, 0.05) is 21.3 Å². The summed E-state index contributed by atoms with van der Waals surface area (Å²) in [6.07, 6.45) is 8.33. The van der Waals surface area contributed by atoms with Crippen molar-refractivity contribution in [1.29, 1.82) is 0 Å². The SMILES string of the molecule is C=CCCC.CCCCC[Si](C)(C)OC.CO.CO[SiH](C)C.C[SiH](C)Cl. The highest BCUT2D eigenvalue weighted by Gasteiger charge is 2.18. The van der Waals surface area contributed by atoms with E-state index in [-0.39, 0.29) is 0 Å². The van der Waals surface area contributed by atoms with Crippen molar-refractivity contribution >= 4 is 36.5 Å². The lowest BCUT2D eigenvalue weighted by Gasteiger charge is -2.19. The molecule has 7 heteroatoms. The molecule has 0 aromatic heterocycles. The first-order valence-corrected chi connectivity index (χ1v) is 19.8. The number of unbranched alkanes of at least 4 members (excludes halogenated alkanes) is 3. The Morgan fingerprint density at radius 1 is 1.00 bits per heavy atom. The predicted molar refractivity (Wildman–Crippen MR) is 133 cm³/mol. The van der Waals surface area contributed by atoms with Crippen molar-refractivity contribution in [1.82, 2.24) is 0 Å². The van der Waals surface area contributed by atoms with E-state index in [2.05, 4.69) is 59.7 Å². The van der Waals surface area contributed by atoms with Gasteiger partial charge in [0.1, 0.15) is 8.11 Å². The second kappa shape index (κ2) is 33.2. The molecule has 0 amide bonds. The fourth-order valence-electron chi connectivity index (χ4n) is 1.11. The van der Waals surface area contributed by atoms with Crippen LogP contribution in [0.15, 0.2) is 12.7 Å². The van der Waals surface area contributed by atoms with E-state index in [0.717, 1.165) is 13.5 Å². The molecule has 0 heterocycles. The average molecular weight is 447 g/mol. The zero-order chi connectivity index (χ0) is 22.0. The summed E-state index contributed by atoms with van der Waals surface area (Å²) in [5, 5.41) is 7.00. The lowest BCUT2D eigenvalue weighted by molar-refractivity contribution is 0.399. The molecule has 0 aromatic carbocycles. The van der Waals surface area contributed by atoms with E-state index in [1.165, 1.54) is 31.7 Å². The Bertz CT molecular complexity index is 227. The quantitative estimate of drug-likeness (QED) is 0.202. The van der Waals surface area contributed by atoms with Crippen molar-refractivity contribution in [2.45, 2.75) is 91.3 Å². The highest BCUT2D eigenvalue weighted by Crippen LogP contribution is 2.14. The molecular weight excluding hydrogens is 396 g/mol. The van der Waals surface area contributed by atoms with Gasteiger partial charge in [-0.25, -0.2) is 0 Å². The molecule has 164 valence electrons. The van der Waals surface area contributed by atoms with Gasteiger partial charge in [-0.1, -0.05) is 58.7 Å². The van der Waals surface area contributed by atoms with Crippen LogP contribution in [0.5, 0.6) is 0 Å². The molecule has 0 spiro atoms. The Morgan fingerprint density at radius 2 is 1.38 bits per heavy atom. The number of aliphatic hydroxyl groups excluding tert-OH is 1. The topological polar surface area (TPSA) is 38.7 Å². The lowest BCUT2D eigenvalue weighted by Crippen LogP contribution is -2.27. The first-order valence-electron chi connectivity index (χ1n) is 9.82. The summed E-state index contributed by atoms with van der Waals surface area (Å²) in [7, 11) is 2.08. The van der Waals surface area contributed by atoms with Crippen molar-refractivity contribution in [3.05, 3.63) is 12.7 Å². The van der Waals surface area contributed by atoms with Crippen LogP contribution in [-0.2, 0) is 8.85 Å². The molecule has 0 aliphatic rings. The van der Waals surface area contributed by atoms with Gasteiger partial charge in [0.15, 0.2) is 17.4 Å². The first-order chi connectivity index (χ1) is 12.0. The average Bonchev–Trinajstić information content (AvgIpc) is 2.58. The molecule has 0 bridgehead atoms. The zero-order valence-electron chi connectivity index (χ0n) is 19.8. The summed E-state index contributed by atoms with van der Waals surface area (Å²) < 4.78 is 10.3. The second-order valence-electron chi connectivity index (χ2n) is 6.80. The Morgan fingerprint density at radius 3 is 1.54 bits per heavy atom. The minimum absolute atomic E-state index is 0.650. The Balaban J connectivity index is -0.0000000785. The third-order valence-electron chi connectivity index (χ3n) is 2.90. The highest BCUT2D eigenvalue weighted by molar-refractivity contribution is 7.05. The largest absolute Gasteiger partial charge is 0.424 e. The Kier molecular flexibility index (Phi) is 47.6. The number of allylic oxidation sites excluding steroid dienone is 1. The monoisotopic (exact) mass is 446 g/mol. The molecule has 0 aromatic rings. The van der Waals surface area contributed by atoms with Gasteiger partial charge in [0.2, 0.25) is 0 Å². The van der Waals surface area contributed by atoms with E-state index in [9.17, 15) is 0 Å². The van der Waals surface area contributed by atoms with Gasteiger partial charge < -0.3 is 14.0 Å². The normalized spacial score (nSPS) is 9.50. The lowest BCUT2D eigenvalue weighted by atomic mass is 10.3.